The number of rotatable bonds is 2. The van der Waals surface area contributed by atoms with Crippen LogP contribution in [0.4, 0.5) is 0 Å². The monoisotopic (exact) mass is 228 g/mol. The number of benzene rings is 1. The summed E-state index contributed by atoms with van der Waals surface area (Å²) in [7, 11) is 0. The molecule has 2 heteroatoms. The lowest BCUT2D eigenvalue weighted by atomic mass is 9.57. The largest absolute Gasteiger partial charge is 0.328 e. The number of hydrogen-bond donors (Lipinski definition) is 1. The Labute approximate surface area is 103 Å². The molecule has 4 atom stereocenters. The predicted molar refractivity (Wildman–Crippen MR) is 68.7 cm³/mol. The van der Waals surface area contributed by atoms with Crippen molar-refractivity contribution in [1.82, 2.24) is 4.90 Å². The molecule has 1 aromatic carbocycles. The Morgan fingerprint density at radius 2 is 1.76 bits per heavy atom. The standard InChI is InChI=1S/C15H20N2/c16-12-6-13-9-15(10-14(7-12)17(13)15)8-11-4-2-1-3-5-11/h1-5,12-14H,6-10,16H2/t12?,13-,14+,15?. The highest BCUT2D eigenvalue weighted by molar-refractivity contribution is 5.27. The highest BCUT2D eigenvalue weighted by atomic mass is 15.4. The Balaban J connectivity index is 1.52. The van der Waals surface area contributed by atoms with Gasteiger partial charge in [0.1, 0.15) is 0 Å². The van der Waals surface area contributed by atoms with Crippen molar-refractivity contribution in [3.8, 4) is 0 Å². The molecule has 3 heterocycles. The SMILES string of the molecule is NC1C[C@@H]2CC3(Cc4ccccc4)C[C@H](C1)N23. The van der Waals surface area contributed by atoms with E-state index in [0.29, 0.717) is 11.6 Å². The van der Waals surface area contributed by atoms with E-state index in [4.69, 9.17) is 5.73 Å². The van der Waals surface area contributed by atoms with Gasteiger partial charge in [-0.1, -0.05) is 30.3 Å². The normalized spacial score (nSPS) is 43.5. The fourth-order valence-corrected chi connectivity index (χ4v) is 4.62. The number of nitrogens with zero attached hydrogens (tertiary/aromatic N) is 1. The van der Waals surface area contributed by atoms with Crippen LogP contribution >= 0.6 is 0 Å². The molecule has 0 saturated carbocycles. The zero-order chi connectivity index (χ0) is 11.5. The third-order valence-corrected chi connectivity index (χ3v) is 5.09. The maximum atomic E-state index is 6.11. The molecule has 0 amide bonds. The van der Waals surface area contributed by atoms with E-state index in [1.165, 1.54) is 37.7 Å². The van der Waals surface area contributed by atoms with E-state index in [1.54, 1.807) is 0 Å². The maximum absolute atomic E-state index is 6.11. The summed E-state index contributed by atoms with van der Waals surface area (Å²) in [6.07, 6.45) is 6.47. The Bertz CT molecular complexity index is 412. The minimum absolute atomic E-state index is 0.469. The van der Waals surface area contributed by atoms with Gasteiger partial charge in [0.05, 0.1) is 0 Å². The van der Waals surface area contributed by atoms with Crippen molar-refractivity contribution in [3.63, 3.8) is 0 Å². The quantitative estimate of drug-likeness (QED) is 0.838. The summed E-state index contributed by atoms with van der Waals surface area (Å²) >= 11 is 0. The summed E-state index contributed by atoms with van der Waals surface area (Å²) in [4.78, 5) is 2.78. The van der Waals surface area contributed by atoms with Crippen molar-refractivity contribution >= 4 is 0 Å². The Hall–Kier alpha value is -0.860. The zero-order valence-corrected chi connectivity index (χ0v) is 10.2. The first kappa shape index (κ1) is 10.1. The van der Waals surface area contributed by atoms with E-state index in [1.807, 2.05) is 0 Å². The first-order chi connectivity index (χ1) is 8.27. The van der Waals surface area contributed by atoms with Crippen LogP contribution in [0.15, 0.2) is 30.3 Å². The van der Waals surface area contributed by atoms with Gasteiger partial charge >= 0.3 is 0 Å². The Kier molecular flexibility index (Phi) is 1.98. The summed E-state index contributed by atoms with van der Waals surface area (Å²) in [5, 5.41) is 0. The van der Waals surface area contributed by atoms with Crippen LogP contribution in [0.1, 0.15) is 31.2 Å². The van der Waals surface area contributed by atoms with E-state index in [9.17, 15) is 0 Å². The molecule has 0 radical (unpaired) electrons. The van der Waals surface area contributed by atoms with Crippen molar-refractivity contribution in [2.75, 3.05) is 0 Å². The van der Waals surface area contributed by atoms with Gasteiger partial charge in [-0.05, 0) is 37.7 Å². The number of nitrogens with two attached hydrogens (primary N) is 1. The lowest BCUT2D eigenvalue weighted by Crippen LogP contribution is -2.82. The van der Waals surface area contributed by atoms with E-state index in [-0.39, 0.29) is 0 Å². The molecule has 0 aromatic heterocycles. The molecule has 3 fully saturated rings. The summed E-state index contributed by atoms with van der Waals surface area (Å²) < 4.78 is 0. The molecule has 3 aliphatic heterocycles. The zero-order valence-electron chi connectivity index (χ0n) is 10.2. The molecule has 3 saturated heterocycles. The van der Waals surface area contributed by atoms with E-state index >= 15 is 0 Å². The molecule has 17 heavy (non-hydrogen) atoms. The second-order valence-electron chi connectivity index (χ2n) is 6.24. The van der Waals surface area contributed by atoms with Crippen LogP contribution in [0.25, 0.3) is 0 Å². The van der Waals surface area contributed by atoms with Crippen LogP contribution < -0.4 is 5.73 Å². The molecule has 90 valence electrons. The van der Waals surface area contributed by atoms with Crippen molar-refractivity contribution in [2.24, 2.45) is 5.73 Å². The van der Waals surface area contributed by atoms with E-state index in [0.717, 1.165) is 12.1 Å². The third-order valence-electron chi connectivity index (χ3n) is 5.09. The van der Waals surface area contributed by atoms with Crippen LogP contribution in [-0.2, 0) is 6.42 Å². The molecule has 2 nitrogen and oxygen atoms in total. The Morgan fingerprint density at radius 1 is 1.12 bits per heavy atom. The molecule has 0 spiro atoms. The van der Waals surface area contributed by atoms with Crippen LogP contribution in [0.3, 0.4) is 0 Å². The smallest absolute Gasteiger partial charge is 0.0285 e. The molecule has 3 aliphatic rings. The van der Waals surface area contributed by atoms with Gasteiger partial charge in [-0.15, -0.1) is 0 Å². The second kappa shape index (κ2) is 3.33. The minimum atomic E-state index is 0.469. The van der Waals surface area contributed by atoms with Crippen LogP contribution in [0.5, 0.6) is 0 Å². The van der Waals surface area contributed by atoms with Gasteiger partial charge in [-0.3, -0.25) is 4.90 Å². The van der Waals surface area contributed by atoms with Crippen molar-refractivity contribution in [2.45, 2.75) is 55.8 Å². The summed E-state index contributed by atoms with van der Waals surface area (Å²) in [6, 6.07) is 13.0. The molecule has 4 rings (SSSR count). The molecular weight excluding hydrogens is 208 g/mol. The molecule has 0 bridgehead atoms. The molecule has 0 aliphatic carbocycles. The number of hydrogen-bond acceptors (Lipinski definition) is 2. The van der Waals surface area contributed by atoms with E-state index < -0.39 is 0 Å². The minimum Gasteiger partial charge on any atom is -0.328 e. The fourth-order valence-electron chi connectivity index (χ4n) is 4.62. The van der Waals surface area contributed by atoms with Crippen LogP contribution in [0, 0.1) is 0 Å². The number of piperidine rings is 2. The second-order valence-corrected chi connectivity index (χ2v) is 6.24. The molecule has 2 N–H and O–H groups in total. The molecule has 1 aromatic rings. The average molecular weight is 228 g/mol. The van der Waals surface area contributed by atoms with Gasteiger partial charge in [-0.2, -0.15) is 0 Å². The van der Waals surface area contributed by atoms with Gasteiger partial charge in [0.2, 0.25) is 0 Å². The summed E-state index contributed by atoms with van der Waals surface area (Å²) in [5.41, 5.74) is 8.13. The van der Waals surface area contributed by atoms with Gasteiger partial charge in [0.15, 0.2) is 0 Å². The lowest BCUT2D eigenvalue weighted by Gasteiger charge is -2.73. The topological polar surface area (TPSA) is 29.3 Å². The first-order valence-corrected chi connectivity index (χ1v) is 6.85. The molecule has 2 unspecified atom stereocenters. The van der Waals surface area contributed by atoms with Gasteiger partial charge in [-0.25, -0.2) is 0 Å². The van der Waals surface area contributed by atoms with Crippen LogP contribution in [0.2, 0.25) is 0 Å². The van der Waals surface area contributed by atoms with Gasteiger partial charge in [0, 0.05) is 23.7 Å². The van der Waals surface area contributed by atoms with Crippen molar-refractivity contribution in [3.05, 3.63) is 35.9 Å². The van der Waals surface area contributed by atoms with E-state index in [2.05, 4.69) is 35.2 Å². The first-order valence-electron chi connectivity index (χ1n) is 6.85. The van der Waals surface area contributed by atoms with Crippen LogP contribution in [-0.4, -0.2) is 28.6 Å². The van der Waals surface area contributed by atoms with Crippen molar-refractivity contribution < 1.29 is 0 Å². The average Bonchev–Trinajstić information content (AvgIpc) is 2.26. The predicted octanol–water partition coefficient (Wildman–Crippen LogP) is 1.94. The highest BCUT2D eigenvalue weighted by Crippen LogP contribution is 2.57. The van der Waals surface area contributed by atoms with Crippen molar-refractivity contribution in [1.29, 1.82) is 0 Å². The lowest BCUT2D eigenvalue weighted by molar-refractivity contribution is -0.220. The fraction of sp³-hybridized carbons (Fsp3) is 0.600. The molecular formula is C15H20N2. The summed E-state index contributed by atoms with van der Waals surface area (Å²) in [5.74, 6) is 0. The maximum Gasteiger partial charge on any atom is 0.0285 e. The highest BCUT2D eigenvalue weighted by Gasteiger charge is 2.64. The summed E-state index contributed by atoms with van der Waals surface area (Å²) in [6.45, 7) is 0. The van der Waals surface area contributed by atoms with Gasteiger partial charge in [0.25, 0.3) is 0 Å². The third kappa shape index (κ3) is 1.34. The van der Waals surface area contributed by atoms with Gasteiger partial charge < -0.3 is 5.73 Å². The Morgan fingerprint density at radius 3 is 2.41 bits per heavy atom.